The van der Waals surface area contributed by atoms with E-state index in [0.29, 0.717) is 57.6 Å². The van der Waals surface area contributed by atoms with Gasteiger partial charge in [0.25, 0.3) is 0 Å². The van der Waals surface area contributed by atoms with E-state index < -0.39 is 23.3 Å². The molecule has 4 aliphatic rings. The van der Waals surface area contributed by atoms with E-state index in [0.717, 1.165) is 41.3 Å². The number of halogens is 4. The van der Waals surface area contributed by atoms with E-state index in [9.17, 15) is 4.39 Å². The molecule has 7 rings (SSSR count). The van der Waals surface area contributed by atoms with Crippen molar-refractivity contribution < 1.29 is 22.3 Å². The molecule has 42 heavy (non-hydrogen) atoms. The fraction of sp³-hybridized carbons (Fsp3) is 0.594. The van der Waals surface area contributed by atoms with Gasteiger partial charge in [0, 0.05) is 61.7 Å². The number of fused-ring (bicyclic) bond motifs is 3. The number of nitrogens with one attached hydrogen (secondary N) is 1. The molecule has 6 nitrogen and oxygen atoms in total. The van der Waals surface area contributed by atoms with Crippen LogP contribution in [0.2, 0.25) is 0 Å². The molecule has 3 fully saturated rings. The summed E-state index contributed by atoms with van der Waals surface area (Å²) in [4.78, 5) is 4.07. The van der Waals surface area contributed by atoms with Crippen LogP contribution in [0.3, 0.4) is 0 Å². The molecule has 2 aromatic carbocycles. The fourth-order valence-electron chi connectivity index (χ4n) is 7.08. The average Bonchev–Trinajstić information content (AvgIpc) is 3.51. The summed E-state index contributed by atoms with van der Waals surface area (Å²) in [6.45, 7) is 4.62. The highest BCUT2D eigenvalue weighted by Crippen LogP contribution is 2.48. The van der Waals surface area contributed by atoms with Crippen molar-refractivity contribution in [1.82, 2.24) is 19.6 Å². The summed E-state index contributed by atoms with van der Waals surface area (Å²) in [7, 11) is 0. The Morgan fingerprint density at radius 1 is 1.12 bits per heavy atom. The molecule has 0 spiro atoms. The van der Waals surface area contributed by atoms with Crippen molar-refractivity contribution in [2.75, 3.05) is 44.8 Å². The number of aromatic nitrogens is 2. The predicted molar refractivity (Wildman–Crippen MR) is 154 cm³/mol. The van der Waals surface area contributed by atoms with Crippen LogP contribution in [0.25, 0.3) is 10.9 Å². The molecule has 2 unspecified atom stereocenters. The number of anilines is 1. The number of likely N-dealkylation sites (tertiary alicyclic amines) is 1. The van der Waals surface area contributed by atoms with Gasteiger partial charge in [-0.3, -0.25) is 14.2 Å². The molecule has 1 saturated carbocycles. The van der Waals surface area contributed by atoms with Gasteiger partial charge in [-0.05, 0) is 81.2 Å². The van der Waals surface area contributed by atoms with Gasteiger partial charge in [0.05, 0.1) is 24.3 Å². The van der Waals surface area contributed by atoms with Gasteiger partial charge in [-0.25, -0.2) is 17.9 Å². The highest BCUT2D eigenvalue weighted by Gasteiger charge is 2.49. The predicted octanol–water partition coefficient (Wildman–Crippen LogP) is 6.31. The van der Waals surface area contributed by atoms with E-state index >= 15 is 13.2 Å². The van der Waals surface area contributed by atoms with Crippen LogP contribution in [0.4, 0.5) is 23.2 Å². The summed E-state index contributed by atoms with van der Waals surface area (Å²) in [6.07, 6.45) is 7.00. The Morgan fingerprint density at radius 3 is 2.60 bits per heavy atom. The summed E-state index contributed by atoms with van der Waals surface area (Å²) in [5, 5.41) is 8.99. The first-order valence-corrected chi connectivity index (χ1v) is 15.4. The van der Waals surface area contributed by atoms with Gasteiger partial charge in [-0.1, -0.05) is 6.07 Å². The summed E-state index contributed by atoms with van der Waals surface area (Å²) in [5.41, 5.74) is 1.66. The third-order valence-corrected chi connectivity index (χ3v) is 9.54. The Bertz CT molecular complexity index is 1420. The van der Waals surface area contributed by atoms with Crippen molar-refractivity contribution in [1.29, 1.82) is 0 Å². The lowest BCUT2D eigenvalue weighted by Gasteiger charge is -2.43. The number of benzene rings is 2. The van der Waals surface area contributed by atoms with Crippen LogP contribution in [0.15, 0.2) is 30.5 Å². The Kier molecular flexibility index (Phi) is 7.43. The largest absolute Gasteiger partial charge is 0.380 e. The average molecular weight is 586 g/mol. The Morgan fingerprint density at radius 2 is 1.90 bits per heavy atom. The van der Waals surface area contributed by atoms with Gasteiger partial charge in [0.2, 0.25) is 0 Å². The Balaban J connectivity index is 1.23. The summed E-state index contributed by atoms with van der Waals surface area (Å²) >= 11 is 0. The first-order chi connectivity index (χ1) is 20.3. The third-order valence-electron chi connectivity index (χ3n) is 9.54. The number of alkyl halides is 2. The second kappa shape index (κ2) is 11.1. The smallest absolute Gasteiger partial charge is 0.150 e. The van der Waals surface area contributed by atoms with Gasteiger partial charge in [-0.15, -0.1) is 0 Å². The van der Waals surface area contributed by atoms with Gasteiger partial charge in [0.1, 0.15) is 23.5 Å². The quantitative estimate of drug-likeness (QED) is 0.299. The molecule has 0 radical (unpaired) electrons. The third kappa shape index (κ3) is 5.30. The number of rotatable bonds is 9. The minimum Gasteiger partial charge on any atom is -0.380 e. The molecule has 1 aliphatic carbocycles. The molecule has 226 valence electrons. The fourth-order valence-corrected chi connectivity index (χ4v) is 7.08. The maximum Gasteiger partial charge on any atom is 0.150 e. The van der Waals surface area contributed by atoms with Crippen LogP contribution < -0.4 is 5.32 Å². The zero-order chi connectivity index (χ0) is 29.0. The van der Waals surface area contributed by atoms with Crippen LogP contribution in [0.1, 0.15) is 74.4 Å². The zero-order valence-electron chi connectivity index (χ0n) is 24.1. The number of nitrogens with zero attached hydrogens (tertiary/aromatic N) is 4. The van der Waals surface area contributed by atoms with Crippen LogP contribution in [-0.2, 0) is 11.2 Å². The molecule has 3 aliphatic heterocycles. The van der Waals surface area contributed by atoms with E-state index in [4.69, 9.17) is 9.84 Å². The van der Waals surface area contributed by atoms with Crippen molar-refractivity contribution in [2.24, 2.45) is 0 Å². The topological polar surface area (TPSA) is 45.6 Å². The molecule has 10 heteroatoms. The molecule has 3 aromatic rings. The monoisotopic (exact) mass is 585 g/mol. The van der Waals surface area contributed by atoms with Crippen molar-refractivity contribution >= 4 is 16.6 Å². The highest BCUT2D eigenvalue weighted by atomic mass is 19.1. The first-order valence-electron chi connectivity index (χ1n) is 15.4. The normalized spacial score (nSPS) is 26.3. The van der Waals surface area contributed by atoms with Gasteiger partial charge in [-0.2, -0.15) is 5.10 Å². The van der Waals surface area contributed by atoms with Crippen molar-refractivity contribution in [2.45, 2.75) is 81.9 Å². The lowest BCUT2D eigenvalue weighted by Crippen LogP contribution is -2.54. The van der Waals surface area contributed by atoms with Crippen LogP contribution >= 0.6 is 0 Å². The molecule has 3 atom stereocenters. The van der Waals surface area contributed by atoms with E-state index in [-0.39, 0.29) is 37.1 Å². The summed E-state index contributed by atoms with van der Waals surface area (Å²) < 4.78 is 67.6. The highest BCUT2D eigenvalue weighted by molar-refractivity contribution is 5.84. The summed E-state index contributed by atoms with van der Waals surface area (Å²) in [6, 6.07) is 5.72. The zero-order valence-corrected chi connectivity index (χ0v) is 24.1. The number of ether oxygens (including phenoxy) is 1. The van der Waals surface area contributed by atoms with Crippen LogP contribution in [-0.4, -0.2) is 76.8 Å². The molecule has 1 N–H and O–H groups in total. The SMILES string of the molecule is C[C@@H]1Cc2c(ccc3nn(C4CCCCO4)cc23)C(c2c(F)cc(NC3CN(CCCF)C3)cc2F)N1CC1(F)CC1. The van der Waals surface area contributed by atoms with Gasteiger partial charge >= 0.3 is 0 Å². The van der Waals surface area contributed by atoms with Crippen molar-refractivity contribution in [3.05, 3.63) is 58.8 Å². The van der Waals surface area contributed by atoms with Crippen molar-refractivity contribution in [3.63, 3.8) is 0 Å². The van der Waals surface area contributed by atoms with E-state index in [1.165, 1.54) is 12.1 Å². The maximum atomic E-state index is 16.0. The Hall–Kier alpha value is -2.69. The van der Waals surface area contributed by atoms with E-state index in [2.05, 4.69) is 10.2 Å². The first kappa shape index (κ1) is 28.1. The lowest BCUT2D eigenvalue weighted by molar-refractivity contribution is -0.0390. The molecule has 1 aromatic heterocycles. The maximum absolute atomic E-state index is 16.0. The standard InChI is InChI=1S/C32H39F4N5O/c1-20-13-24-23(6-7-28-25(24)18-41(38-28)29-5-2-3-12-42-29)31(40(20)19-32(36)8-9-32)30-26(34)14-21(15-27(30)35)37-22-16-39(17-22)11-4-10-33/h6-7,14-15,18,20,22,29,31,37H,2-5,8-13,16-17,19H2,1H3/t20-,29?,31?/m1/s1. The molecular formula is C32H39F4N5O. The van der Waals surface area contributed by atoms with Gasteiger partial charge < -0.3 is 10.1 Å². The second-order valence-electron chi connectivity index (χ2n) is 12.8. The second-order valence-corrected chi connectivity index (χ2v) is 12.8. The molecule has 0 bridgehead atoms. The Labute approximate surface area is 244 Å². The van der Waals surface area contributed by atoms with E-state index in [1.54, 1.807) is 0 Å². The minimum absolute atomic E-state index is 0.0434. The van der Waals surface area contributed by atoms with Crippen LogP contribution in [0.5, 0.6) is 0 Å². The number of hydrogen-bond donors (Lipinski definition) is 1. The summed E-state index contributed by atoms with van der Waals surface area (Å²) in [5.74, 6) is -1.28. The number of hydrogen-bond acceptors (Lipinski definition) is 5. The van der Waals surface area contributed by atoms with Gasteiger partial charge in [0.15, 0.2) is 0 Å². The van der Waals surface area contributed by atoms with E-state index in [1.807, 2.05) is 34.8 Å². The molecular weight excluding hydrogens is 546 g/mol. The van der Waals surface area contributed by atoms with Crippen LogP contribution in [0, 0.1) is 11.6 Å². The lowest BCUT2D eigenvalue weighted by atomic mass is 9.83. The minimum atomic E-state index is -1.32. The van der Waals surface area contributed by atoms with Crippen molar-refractivity contribution in [3.8, 4) is 0 Å². The molecule has 0 amide bonds. The molecule has 2 saturated heterocycles. The molecule has 4 heterocycles.